The molecular formula is C6H4F3N3O3. The molecule has 15 heavy (non-hydrogen) atoms. The van der Waals surface area contributed by atoms with Crippen LogP contribution in [0.25, 0.3) is 0 Å². The Hall–Kier alpha value is -1.93. The summed E-state index contributed by atoms with van der Waals surface area (Å²) < 4.78 is 36.0. The minimum absolute atomic E-state index is 0.0309. The van der Waals surface area contributed by atoms with Crippen molar-refractivity contribution >= 4 is 12.0 Å². The first kappa shape index (κ1) is 11.1. The van der Waals surface area contributed by atoms with Crippen LogP contribution in [0.15, 0.2) is 6.20 Å². The minimum atomic E-state index is -4.59. The highest BCUT2D eigenvalue weighted by atomic mass is 19.4. The van der Waals surface area contributed by atoms with E-state index in [4.69, 9.17) is 0 Å². The lowest BCUT2D eigenvalue weighted by molar-refractivity contribution is -0.385. The highest BCUT2D eigenvalue weighted by Crippen LogP contribution is 2.21. The maximum Gasteiger partial charge on any atom is 0.408 e. The van der Waals surface area contributed by atoms with Crippen molar-refractivity contribution in [2.45, 2.75) is 12.7 Å². The predicted molar refractivity (Wildman–Crippen MR) is 40.3 cm³/mol. The molecule has 82 valence electrons. The van der Waals surface area contributed by atoms with Gasteiger partial charge in [-0.1, -0.05) is 0 Å². The van der Waals surface area contributed by atoms with E-state index in [0.717, 1.165) is 0 Å². The molecule has 6 nitrogen and oxygen atoms in total. The zero-order chi connectivity index (χ0) is 11.6. The van der Waals surface area contributed by atoms with Crippen LogP contribution in [0.4, 0.5) is 18.9 Å². The van der Waals surface area contributed by atoms with Gasteiger partial charge >= 0.3 is 11.9 Å². The zero-order valence-electron chi connectivity index (χ0n) is 7.06. The number of rotatable bonds is 3. The highest BCUT2D eigenvalue weighted by molar-refractivity contribution is 5.78. The lowest BCUT2D eigenvalue weighted by Gasteiger charge is -2.06. The largest absolute Gasteiger partial charge is 0.408 e. The average Bonchev–Trinajstić information content (AvgIpc) is 2.44. The van der Waals surface area contributed by atoms with Crippen molar-refractivity contribution in [2.24, 2.45) is 0 Å². The summed E-state index contributed by atoms with van der Waals surface area (Å²) in [5, 5.41) is 13.4. The Morgan fingerprint density at radius 2 is 2.20 bits per heavy atom. The smallest absolute Gasteiger partial charge is 0.296 e. The lowest BCUT2D eigenvalue weighted by Crippen LogP contribution is -2.20. The molecule has 0 N–H and O–H groups in total. The molecule has 0 bridgehead atoms. The first-order valence-corrected chi connectivity index (χ1v) is 3.57. The second-order valence-electron chi connectivity index (χ2n) is 2.56. The SMILES string of the molecule is O=Cc1c([N+](=O)[O-])cnn1CC(F)(F)F. The Labute approximate surface area is 80.4 Å². The summed E-state index contributed by atoms with van der Waals surface area (Å²) in [6, 6.07) is 0. The molecule has 0 saturated heterocycles. The molecule has 0 aromatic carbocycles. The van der Waals surface area contributed by atoms with E-state index in [9.17, 15) is 28.1 Å². The Bertz CT molecular complexity index is 398. The van der Waals surface area contributed by atoms with E-state index in [2.05, 4.69) is 5.10 Å². The quantitative estimate of drug-likeness (QED) is 0.437. The predicted octanol–water partition coefficient (Wildman–Crippen LogP) is 1.17. The van der Waals surface area contributed by atoms with Crippen LogP contribution in [-0.4, -0.2) is 27.2 Å². The van der Waals surface area contributed by atoms with Crippen molar-refractivity contribution in [1.82, 2.24) is 9.78 Å². The van der Waals surface area contributed by atoms with Crippen LogP contribution < -0.4 is 0 Å². The van der Waals surface area contributed by atoms with Crippen LogP contribution in [0.1, 0.15) is 10.5 Å². The van der Waals surface area contributed by atoms with Gasteiger partial charge in [0.25, 0.3) is 0 Å². The van der Waals surface area contributed by atoms with Gasteiger partial charge in [0.1, 0.15) is 12.7 Å². The van der Waals surface area contributed by atoms with E-state index < -0.39 is 29.0 Å². The molecule has 0 unspecified atom stereocenters. The van der Waals surface area contributed by atoms with E-state index >= 15 is 0 Å². The number of alkyl halides is 3. The van der Waals surface area contributed by atoms with Gasteiger partial charge in [0, 0.05) is 0 Å². The Kier molecular flexibility index (Phi) is 2.73. The van der Waals surface area contributed by atoms with Crippen molar-refractivity contribution in [3.63, 3.8) is 0 Å². The highest BCUT2D eigenvalue weighted by Gasteiger charge is 2.32. The maximum absolute atomic E-state index is 11.9. The van der Waals surface area contributed by atoms with E-state index in [0.29, 0.717) is 6.20 Å². The molecule has 0 saturated carbocycles. The van der Waals surface area contributed by atoms with Crippen LogP contribution in [0, 0.1) is 10.1 Å². The first-order valence-electron chi connectivity index (χ1n) is 3.57. The van der Waals surface area contributed by atoms with Crippen LogP contribution in [0.5, 0.6) is 0 Å². The molecular weight excluding hydrogens is 219 g/mol. The lowest BCUT2D eigenvalue weighted by atomic mass is 10.4. The van der Waals surface area contributed by atoms with Crippen LogP contribution in [-0.2, 0) is 6.54 Å². The number of nitrogens with zero attached hydrogens (tertiary/aromatic N) is 3. The normalized spacial score (nSPS) is 11.4. The van der Waals surface area contributed by atoms with Gasteiger partial charge in [-0.05, 0) is 0 Å². The van der Waals surface area contributed by atoms with E-state index in [-0.39, 0.29) is 11.0 Å². The fourth-order valence-electron chi connectivity index (χ4n) is 0.943. The van der Waals surface area contributed by atoms with E-state index in [1.807, 2.05) is 0 Å². The Balaban J connectivity index is 3.10. The summed E-state index contributed by atoms with van der Waals surface area (Å²) >= 11 is 0. The van der Waals surface area contributed by atoms with Crippen molar-refractivity contribution in [2.75, 3.05) is 0 Å². The average molecular weight is 223 g/mol. The molecule has 0 fully saturated rings. The second kappa shape index (κ2) is 3.67. The van der Waals surface area contributed by atoms with Gasteiger partial charge in [0.15, 0.2) is 12.0 Å². The molecule has 0 radical (unpaired) electrons. The van der Waals surface area contributed by atoms with Gasteiger partial charge in [0.2, 0.25) is 0 Å². The Morgan fingerprint density at radius 3 is 2.60 bits per heavy atom. The van der Waals surface area contributed by atoms with Crippen molar-refractivity contribution < 1.29 is 22.9 Å². The third-order valence-corrected chi connectivity index (χ3v) is 1.50. The van der Waals surface area contributed by atoms with Crippen molar-refractivity contribution in [3.8, 4) is 0 Å². The summed E-state index contributed by atoms with van der Waals surface area (Å²) in [5.74, 6) is 0. The van der Waals surface area contributed by atoms with Crippen molar-refractivity contribution in [1.29, 1.82) is 0 Å². The number of hydrogen-bond acceptors (Lipinski definition) is 4. The maximum atomic E-state index is 11.9. The van der Waals surface area contributed by atoms with E-state index in [1.165, 1.54) is 0 Å². The summed E-state index contributed by atoms with van der Waals surface area (Å²) in [4.78, 5) is 19.7. The molecule has 1 rings (SSSR count). The molecule has 0 spiro atoms. The fraction of sp³-hybridized carbons (Fsp3) is 0.333. The summed E-state index contributed by atoms with van der Waals surface area (Å²) in [6.07, 6.45) is -4.01. The third-order valence-electron chi connectivity index (χ3n) is 1.50. The number of hydrogen-bond donors (Lipinski definition) is 0. The molecule has 0 aliphatic rings. The molecule has 1 aromatic rings. The number of aromatic nitrogens is 2. The van der Waals surface area contributed by atoms with Gasteiger partial charge in [0.05, 0.1) is 4.92 Å². The van der Waals surface area contributed by atoms with Gasteiger partial charge in [-0.25, -0.2) is 4.68 Å². The molecule has 0 amide bonds. The van der Waals surface area contributed by atoms with Gasteiger partial charge in [-0.15, -0.1) is 0 Å². The molecule has 0 atom stereocenters. The number of nitro groups is 1. The van der Waals surface area contributed by atoms with Gasteiger partial charge < -0.3 is 0 Å². The monoisotopic (exact) mass is 223 g/mol. The number of halogens is 3. The number of carbonyl (C=O) groups excluding carboxylic acids is 1. The number of aldehydes is 1. The summed E-state index contributed by atoms with van der Waals surface area (Å²) in [5.41, 5.74) is -1.44. The first-order chi connectivity index (χ1) is 6.85. The van der Waals surface area contributed by atoms with Gasteiger partial charge in [-0.3, -0.25) is 14.9 Å². The third kappa shape index (κ3) is 2.51. The minimum Gasteiger partial charge on any atom is -0.296 e. The standard InChI is InChI=1S/C6H4F3N3O3/c7-6(8,9)3-11-5(2-13)4(1-10-11)12(14)15/h1-2H,3H2. The van der Waals surface area contributed by atoms with Crippen LogP contribution >= 0.6 is 0 Å². The number of carbonyl (C=O) groups is 1. The molecule has 1 heterocycles. The summed E-state index contributed by atoms with van der Waals surface area (Å²) in [7, 11) is 0. The zero-order valence-corrected chi connectivity index (χ0v) is 7.06. The van der Waals surface area contributed by atoms with Crippen LogP contribution in [0.2, 0.25) is 0 Å². The van der Waals surface area contributed by atoms with Crippen LogP contribution in [0.3, 0.4) is 0 Å². The van der Waals surface area contributed by atoms with Gasteiger partial charge in [-0.2, -0.15) is 18.3 Å². The second-order valence-corrected chi connectivity index (χ2v) is 2.56. The fourth-order valence-corrected chi connectivity index (χ4v) is 0.943. The summed E-state index contributed by atoms with van der Waals surface area (Å²) in [6.45, 7) is -1.53. The molecule has 0 aliphatic carbocycles. The molecule has 0 aliphatic heterocycles. The Morgan fingerprint density at radius 1 is 1.60 bits per heavy atom. The topological polar surface area (TPSA) is 78.0 Å². The molecule has 1 aromatic heterocycles. The van der Waals surface area contributed by atoms with E-state index in [1.54, 1.807) is 0 Å². The van der Waals surface area contributed by atoms with Crippen molar-refractivity contribution in [3.05, 3.63) is 22.0 Å². The molecule has 9 heteroatoms.